The van der Waals surface area contributed by atoms with E-state index in [0.29, 0.717) is 4.83 Å². The van der Waals surface area contributed by atoms with E-state index in [2.05, 4.69) is 32.9 Å². The molecule has 1 fully saturated rings. The molecule has 0 spiro atoms. The van der Waals surface area contributed by atoms with Crippen molar-refractivity contribution in [3.63, 3.8) is 0 Å². The zero-order valence-corrected chi connectivity index (χ0v) is 11.5. The van der Waals surface area contributed by atoms with Crippen LogP contribution in [0.25, 0.3) is 0 Å². The second kappa shape index (κ2) is 5.80. The molecule has 1 saturated carbocycles. The summed E-state index contributed by atoms with van der Waals surface area (Å²) in [4.78, 5) is 5.04. The van der Waals surface area contributed by atoms with Crippen LogP contribution in [-0.4, -0.2) is 19.6 Å². The predicted octanol–water partition coefficient (Wildman–Crippen LogP) is 3.18. The van der Waals surface area contributed by atoms with Crippen molar-refractivity contribution >= 4 is 15.9 Å². The third kappa shape index (κ3) is 2.84. The Kier molecular flexibility index (Phi) is 4.38. The molecule has 1 aliphatic carbocycles. The molecule has 3 nitrogen and oxygen atoms in total. The van der Waals surface area contributed by atoms with E-state index in [1.54, 1.807) is 6.33 Å². The Morgan fingerprint density at radius 3 is 3.00 bits per heavy atom. The lowest BCUT2D eigenvalue weighted by molar-refractivity contribution is 0.449. The van der Waals surface area contributed by atoms with Crippen molar-refractivity contribution < 1.29 is 0 Å². The molecule has 1 aromatic rings. The largest absolute Gasteiger partial charge is 0.250 e. The summed E-state index contributed by atoms with van der Waals surface area (Å²) in [5.41, 5.74) is 0. The highest BCUT2D eigenvalue weighted by molar-refractivity contribution is 9.09. The fraction of sp³-hybridized carbons (Fsp3) is 0.833. The summed E-state index contributed by atoms with van der Waals surface area (Å²) in [5, 5.41) is 4.24. The Morgan fingerprint density at radius 2 is 2.19 bits per heavy atom. The minimum absolute atomic E-state index is 0.664. The highest BCUT2D eigenvalue weighted by Gasteiger charge is 2.23. The van der Waals surface area contributed by atoms with E-state index in [1.807, 2.05) is 4.68 Å². The lowest BCUT2D eigenvalue weighted by Gasteiger charge is -2.19. The average molecular weight is 286 g/mol. The number of rotatable bonds is 3. The van der Waals surface area contributed by atoms with Gasteiger partial charge in [0.1, 0.15) is 12.2 Å². The van der Waals surface area contributed by atoms with Gasteiger partial charge in [0.25, 0.3) is 0 Å². The van der Waals surface area contributed by atoms with Crippen LogP contribution in [0.2, 0.25) is 0 Å². The third-order valence-corrected chi connectivity index (χ3v) is 4.71. The first-order valence-corrected chi connectivity index (χ1v) is 7.23. The van der Waals surface area contributed by atoms with E-state index in [-0.39, 0.29) is 0 Å². The van der Waals surface area contributed by atoms with E-state index in [1.165, 1.54) is 32.1 Å². The lowest BCUT2D eigenvalue weighted by atomic mass is 9.96. The lowest BCUT2D eigenvalue weighted by Crippen LogP contribution is -2.18. The fourth-order valence-electron chi connectivity index (χ4n) is 2.51. The van der Waals surface area contributed by atoms with Crippen LogP contribution >= 0.6 is 15.9 Å². The Labute approximate surface area is 106 Å². The van der Waals surface area contributed by atoms with E-state index in [9.17, 15) is 0 Å². The van der Waals surface area contributed by atoms with Gasteiger partial charge in [-0.25, -0.2) is 4.98 Å². The number of halogens is 1. The van der Waals surface area contributed by atoms with Gasteiger partial charge in [-0.05, 0) is 25.7 Å². The summed E-state index contributed by atoms with van der Waals surface area (Å²) in [6.45, 7) is 3.05. The molecule has 1 heterocycles. The molecule has 2 unspecified atom stereocenters. The van der Waals surface area contributed by atoms with Crippen molar-refractivity contribution in [2.75, 3.05) is 0 Å². The molecule has 2 rings (SSSR count). The molecule has 0 bridgehead atoms. The summed E-state index contributed by atoms with van der Waals surface area (Å²) in [7, 11) is 0. The zero-order chi connectivity index (χ0) is 11.4. The second-order valence-electron chi connectivity index (χ2n) is 4.61. The van der Waals surface area contributed by atoms with Crippen molar-refractivity contribution in [1.82, 2.24) is 14.8 Å². The van der Waals surface area contributed by atoms with Crippen molar-refractivity contribution in [3.05, 3.63) is 12.2 Å². The van der Waals surface area contributed by atoms with Gasteiger partial charge < -0.3 is 0 Å². The highest BCUT2D eigenvalue weighted by atomic mass is 79.9. The smallest absolute Gasteiger partial charge is 0.138 e. The summed E-state index contributed by atoms with van der Waals surface area (Å²) >= 11 is 3.84. The van der Waals surface area contributed by atoms with Crippen LogP contribution in [0.3, 0.4) is 0 Å². The number of hydrogen-bond acceptors (Lipinski definition) is 2. The molecule has 2 atom stereocenters. The second-order valence-corrected chi connectivity index (χ2v) is 5.79. The molecule has 0 N–H and O–H groups in total. The summed E-state index contributed by atoms with van der Waals surface area (Å²) in [6, 6.07) is 0. The standard InChI is InChI=1S/C12H20BrN3/c1-2-16-12(14-9-15-16)8-10-6-4-3-5-7-11(10)13/h9-11H,2-8H2,1H3. The monoisotopic (exact) mass is 285 g/mol. The molecule has 0 amide bonds. The van der Waals surface area contributed by atoms with Gasteiger partial charge in [-0.3, -0.25) is 4.68 Å². The first-order valence-electron chi connectivity index (χ1n) is 6.32. The van der Waals surface area contributed by atoms with E-state index < -0.39 is 0 Å². The van der Waals surface area contributed by atoms with Crippen LogP contribution in [0.4, 0.5) is 0 Å². The quantitative estimate of drug-likeness (QED) is 0.631. The minimum Gasteiger partial charge on any atom is -0.250 e. The molecule has 0 saturated heterocycles. The van der Waals surface area contributed by atoms with E-state index in [4.69, 9.17) is 0 Å². The molecule has 4 heteroatoms. The van der Waals surface area contributed by atoms with Crippen LogP contribution in [0.5, 0.6) is 0 Å². The molecule has 0 radical (unpaired) electrons. The third-order valence-electron chi connectivity index (χ3n) is 3.51. The molecule has 0 aromatic carbocycles. The number of alkyl halides is 1. The van der Waals surface area contributed by atoms with Gasteiger partial charge in [0.15, 0.2) is 0 Å². The fourth-order valence-corrected chi connectivity index (χ4v) is 3.29. The normalized spacial score (nSPS) is 26.6. The Balaban J connectivity index is 2.01. The number of aryl methyl sites for hydroxylation is 1. The van der Waals surface area contributed by atoms with Crippen LogP contribution in [0, 0.1) is 5.92 Å². The van der Waals surface area contributed by atoms with Crippen molar-refractivity contribution in [2.45, 2.75) is 56.8 Å². The van der Waals surface area contributed by atoms with E-state index in [0.717, 1.165) is 24.7 Å². The number of hydrogen-bond donors (Lipinski definition) is 0. The maximum atomic E-state index is 4.38. The van der Waals surface area contributed by atoms with Gasteiger partial charge in [-0.1, -0.05) is 35.2 Å². The molecule has 1 aliphatic rings. The van der Waals surface area contributed by atoms with Gasteiger partial charge in [0.05, 0.1) is 0 Å². The first kappa shape index (κ1) is 12.1. The van der Waals surface area contributed by atoms with Gasteiger partial charge >= 0.3 is 0 Å². The molecule has 1 aromatic heterocycles. The van der Waals surface area contributed by atoms with Crippen LogP contribution in [0.1, 0.15) is 44.9 Å². The van der Waals surface area contributed by atoms with Crippen LogP contribution in [0.15, 0.2) is 6.33 Å². The molecule has 16 heavy (non-hydrogen) atoms. The molecule has 90 valence electrons. The molecular weight excluding hydrogens is 266 g/mol. The zero-order valence-electron chi connectivity index (χ0n) is 9.90. The average Bonchev–Trinajstić information content (AvgIpc) is 2.64. The maximum absolute atomic E-state index is 4.38. The predicted molar refractivity (Wildman–Crippen MR) is 68.7 cm³/mol. The molecule has 0 aliphatic heterocycles. The van der Waals surface area contributed by atoms with Gasteiger partial charge in [-0.15, -0.1) is 0 Å². The highest BCUT2D eigenvalue weighted by Crippen LogP contribution is 2.30. The van der Waals surface area contributed by atoms with Gasteiger partial charge in [0.2, 0.25) is 0 Å². The summed E-state index contributed by atoms with van der Waals surface area (Å²) in [5.74, 6) is 1.89. The summed E-state index contributed by atoms with van der Waals surface area (Å²) < 4.78 is 2.02. The minimum atomic E-state index is 0.664. The van der Waals surface area contributed by atoms with E-state index >= 15 is 0 Å². The number of nitrogens with zero attached hydrogens (tertiary/aromatic N) is 3. The first-order chi connectivity index (χ1) is 7.81. The van der Waals surface area contributed by atoms with Crippen LogP contribution < -0.4 is 0 Å². The van der Waals surface area contributed by atoms with Crippen molar-refractivity contribution in [2.24, 2.45) is 5.92 Å². The van der Waals surface area contributed by atoms with Crippen LogP contribution in [-0.2, 0) is 13.0 Å². The number of aromatic nitrogens is 3. The SMILES string of the molecule is CCn1ncnc1CC1CCCCCC1Br. The maximum Gasteiger partial charge on any atom is 0.138 e. The Bertz CT molecular complexity index is 324. The van der Waals surface area contributed by atoms with Crippen molar-refractivity contribution in [3.8, 4) is 0 Å². The topological polar surface area (TPSA) is 30.7 Å². The molecular formula is C12H20BrN3. The van der Waals surface area contributed by atoms with Crippen molar-refractivity contribution in [1.29, 1.82) is 0 Å². The Morgan fingerprint density at radius 1 is 1.38 bits per heavy atom. The summed E-state index contributed by atoms with van der Waals surface area (Å²) in [6.07, 6.45) is 9.51. The Hall–Kier alpha value is -0.380. The van der Waals surface area contributed by atoms with Gasteiger partial charge in [0, 0.05) is 17.8 Å². The van der Waals surface area contributed by atoms with Gasteiger partial charge in [-0.2, -0.15) is 5.10 Å².